The van der Waals surface area contributed by atoms with E-state index in [1.54, 1.807) is 23.1 Å². The number of sulfonamides is 1. The van der Waals surface area contributed by atoms with E-state index in [0.29, 0.717) is 25.2 Å². The molecule has 2 rings (SSSR count). The second-order valence-corrected chi connectivity index (χ2v) is 5.27. The van der Waals surface area contributed by atoms with E-state index in [-0.39, 0.29) is 4.90 Å². The van der Waals surface area contributed by atoms with Crippen LogP contribution in [0.1, 0.15) is 6.42 Å². The highest BCUT2D eigenvalue weighted by Gasteiger charge is 2.24. The van der Waals surface area contributed by atoms with Gasteiger partial charge in [0.1, 0.15) is 11.2 Å². The molecule has 8 heteroatoms. The minimum absolute atomic E-state index is 0.205. The van der Waals surface area contributed by atoms with Crippen molar-refractivity contribution in [2.24, 2.45) is 9.51 Å². The van der Waals surface area contributed by atoms with Crippen LogP contribution in [0.2, 0.25) is 0 Å². The number of hydrogen-bond acceptors (Lipinski definition) is 4. The summed E-state index contributed by atoms with van der Waals surface area (Å²) in [5.41, 5.74) is 8.77. The fraction of sp³-hybridized carbons (Fsp3) is 0.300. The van der Waals surface area contributed by atoms with Crippen LogP contribution < -0.4 is 4.90 Å². The van der Waals surface area contributed by atoms with Gasteiger partial charge in [-0.15, -0.1) is 4.40 Å². The normalized spacial score (nSPS) is 15.9. The summed E-state index contributed by atoms with van der Waals surface area (Å²) in [7, 11) is -3.56. The molecule has 1 aliphatic heterocycles. The molecule has 0 radical (unpaired) electrons. The van der Waals surface area contributed by atoms with Gasteiger partial charge >= 0.3 is 0 Å². The number of hydrogen-bond donors (Lipinski definition) is 0. The first-order valence-electron chi connectivity index (χ1n) is 5.32. The number of anilines is 1. The molecule has 0 N–H and O–H groups in total. The molecule has 0 spiro atoms. The topological polar surface area (TPSA) is 98.5 Å². The number of azide groups is 1. The van der Waals surface area contributed by atoms with Crippen LogP contribution in [0.4, 0.5) is 5.69 Å². The molecular formula is C10H11N5O2S. The van der Waals surface area contributed by atoms with Crippen LogP contribution in [-0.2, 0) is 10.0 Å². The Morgan fingerprint density at radius 1 is 1.39 bits per heavy atom. The molecule has 18 heavy (non-hydrogen) atoms. The van der Waals surface area contributed by atoms with Crippen molar-refractivity contribution in [1.82, 2.24) is 0 Å². The van der Waals surface area contributed by atoms with E-state index in [4.69, 9.17) is 5.53 Å². The van der Waals surface area contributed by atoms with Crippen molar-refractivity contribution in [2.75, 3.05) is 18.0 Å². The number of fused-ring (bicyclic) bond motifs is 1. The average molecular weight is 265 g/mol. The maximum absolute atomic E-state index is 11.7. The summed E-state index contributed by atoms with van der Waals surface area (Å²) < 4.78 is 27.0. The van der Waals surface area contributed by atoms with Gasteiger partial charge in [0, 0.05) is 18.0 Å². The molecule has 1 heterocycles. The van der Waals surface area contributed by atoms with Crippen molar-refractivity contribution in [3.8, 4) is 0 Å². The first-order valence-corrected chi connectivity index (χ1v) is 6.76. The molecule has 0 fully saturated rings. The van der Waals surface area contributed by atoms with Gasteiger partial charge in [-0.05, 0) is 24.1 Å². The SMILES string of the molecule is [N-]=[N+]=NCCCN1C=NS(=O)(=O)c2ccccc21. The third-order valence-corrected chi connectivity index (χ3v) is 3.77. The molecule has 0 unspecified atom stereocenters. The highest BCUT2D eigenvalue weighted by Crippen LogP contribution is 2.28. The van der Waals surface area contributed by atoms with Crippen molar-refractivity contribution in [1.29, 1.82) is 0 Å². The highest BCUT2D eigenvalue weighted by atomic mass is 32.2. The average Bonchev–Trinajstić information content (AvgIpc) is 2.37. The van der Waals surface area contributed by atoms with E-state index in [1.165, 1.54) is 12.4 Å². The van der Waals surface area contributed by atoms with Crippen LogP contribution in [0.25, 0.3) is 10.4 Å². The second kappa shape index (κ2) is 5.07. The third-order valence-electron chi connectivity index (χ3n) is 2.50. The molecule has 0 aromatic heterocycles. The number of nitrogens with zero attached hydrogens (tertiary/aromatic N) is 5. The predicted molar refractivity (Wildman–Crippen MR) is 68.1 cm³/mol. The zero-order chi connectivity index (χ0) is 13.0. The molecule has 1 aliphatic rings. The quantitative estimate of drug-likeness (QED) is 0.360. The molecule has 0 saturated carbocycles. The smallest absolute Gasteiger partial charge is 0.285 e. The van der Waals surface area contributed by atoms with Crippen molar-refractivity contribution in [3.63, 3.8) is 0 Å². The zero-order valence-corrected chi connectivity index (χ0v) is 10.3. The lowest BCUT2D eigenvalue weighted by atomic mass is 10.3. The van der Waals surface area contributed by atoms with Crippen molar-refractivity contribution in [2.45, 2.75) is 11.3 Å². The van der Waals surface area contributed by atoms with Crippen LogP contribution in [0.3, 0.4) is 0 Å². The van der Waals surface area contributed by atoms with Gasteiger partial charge in [-0.2, -0.15) is 8.42 Å². The Kier molecular flexibility index (Phi) is 3.50. The molecule has 0 amide bonds. The molecule has 1 aromatic carbocycles. The summed E-state index contributed by atoms with van der Waals surface area (Å²) in [6, 6.07) is 6.69. The second-order valence-electron chi connectivity index (χ2n) is 3.67. The van der Waals surface area contributed by atoms with Crippen molar-refractivity contribution >= 4 is 22.0 Å². The van der Waals surface area contributed by atoms with Gasteiger partial charge in [0.15, 0.2) is 0 Å². The molecule has 94 valence electrons. The molecule has 7 nitrogen and oxygen atoms in total. The molecular weight excluding hydrogens is 254 g/mol. The summed E-state index contributed by atoms with van der Waals surface area (Å²) in [4.78, 5) is 4.61. The number of para-hydroxylation sites is 1. The highest BCUT2D eigenvalue weighted by molar-refractivity contribution is 7.90. The Bertz CT molecular complexity index is 619. The van der Waals surface area contributed by atoms with Crippen LogP contribution in [0.15, 0.2) is 38.7 Å². The van der Waals surface area contributed by atoms with Gasteiger partial charge in [0.25, 0.3) is 10.0 Å². The van der Waals surface area contributed by atoms with Gasteiger partial charge < -0.3 is 4.90 Å². The van der Waals surface area contributed by atoms with E-state index < -0.39 is 10.0 Å². The maximum Gasteiger partial charge on any atom is 0.285 e. The monoisotopic (exact) mass is 265 g/mol. The lowest BCUT2D eigenvalue weighted by Crippen LogP contribution is -2.28. The predicted octanol–water partition coefficient (Wildman–Crippen LogP) is 1.92. The summed E-state index contributed by atoms with van der Waals surface area (Å²) in [6.45, 7) is 0.921. The van der Waals surface area contributed by atoms with E-state index in [0.717, 1.165) is 0 Å². The Morgan fingerprint density at radius 2 is 2.17 bits per heavy atom. The van der Waals surface area contributed by atoms with Gasteiger partial charge in [0.05, 0.1) is 5.69 Å². The van der Waals surface area contributed by atoms with Gasteiger partial charge in [-0.1, -0.05) is 17.2 Å². The van der Waals surface area contributed by atoms with Crippen LogP contribution in [0.5, 0.6) is 0 Å². The minimum Gasteiger partial charge on any atom is -0.331 e. The van der Waals surface area contributed by atoms with Crippen molar-refractivity contribution < 1.29 is 8.42 Å². The van der Waals surface area contributed by atoms with Crippen LogP contribution in [0, 0.1) is 0 Å². The lowest BCUT2D eigenvalue weighted by Gasteiger charge is -2.24. The Labute approximate surface area is 104 Å². The lowest BCUT2D eigenvalue weighted by molar-refractivity contribution is 0.597. The fourth-order valence-electron chi connectivity index (χ4n) is 1.69. The first kappa shape index (κ1) is 12.4. The van der Waals surface area contributed by atoms with Crippen LogP contribution >= 0.6 is 0 Å². The molecule has 0 bridgehead atoms. The third kappa shape index (κ3) is 2.44. The Balaban J connectivity index is 2.22. The van der Waals surface area contributed by atoms with Gasteiger partial charge in [0.2, 0.25) is 0 Å². The number of rotatable bonds is 4. The number of benzene rings is 1. The standard InChI is InChI=1S/C10H11N5O2S/c11-14-12-6-3-7-15-8-13-18(16,17)10-5-2-1-4-9(10)15/h1-2,4-5,8H,3,6-7H2. The van der Waals surface area contributed by atoms with E-state index in [2.05, 4.69) is 14.4 Å². The Morgan fingerprint density at radius 3 is 2.94 bits per heavy atom. The first-order chi connectivity index (χ1) is 8.65. The van der Waals surface area contributed by atoms with Crippen LogP contribution in [-0.4, -0.2) is 27.8 Å². The summed E-state index contributed by atoms with van der Waals surface area (Å²) >= 11 is 0. The molecule has 0 atom stereocenters. The molecule has 0 aliphatic carbocycles. The fourth-order valence-corrected chi connectivity index (χ4v) is 2.74. The maximum atomic E-state index is 11.7. The van der Waals surface area contributed by atoms with Gasteiger partial charge in [-0.25, -0.2) is 0 Å². The van der Waals surface area contributed by atoms with Gasteiger partial charge in [-0.3, -0.25) is 0 Å². The summed E-state index contributed by atoms with van der Waals surface area (Å²) in [5, 5.41) is 3.43. The summed E-state index contributed by atoms with van der Waals surface area (Å²) in [5.74, 6) is 0. The summed E-state index contributed by atoms with van der Waals surface area (Å²) in [6.07, 6.45) is 1.93. The zero-order valence-electron chi connectivity index (χ0n) is 9.47. The Hall–Kier alpha value is -2.05. The van der Waals surface area contributed by atoms with E-state index >= 15 is 0 Å². The molecule has 1 aromatic rings. The largest absolute Gasteiger partial charge is 0.331 e. The minimum atomic E-state index is -3.56. The van der Waals surface area contributed by atoms with E-state index in [1.807, 2.05) is 0 Å². The van der Waals surface area contributed by atoms with Crippen molar-refractivity contribution in [3.05, 3.63) is 34.7 Å². The van der Waals surface area contributed by atoms with E-state index in [9.17, 15) is 8.42 Å². The molecule has 0 saturated heterocycles.